The fourth-order valence-electron chi connectivity index (χ4n) is 15.7. The van der Waals surface area contributed by atoms with Crippen molar-refractivity contribution >= 4 is 6.29 Å². The molecule has 8 rings (SSSR count). The van der Waals surface area contributed by atoms with E-state index in [1.54, 1.807) is 0 Å². The summed E-state index contributed by atoms with van der Waals surface area (Å²) in [6.45, 7) is 12.2. The zero-order chi connectivity index (χ0) is 54.9. The Kier molecular flexibility index (Phi) is 18.2. The lowest BCUT2D eigenvalue weighted by atomic mass is 9.35. The van der Waals surface area contributed by atoms with Gasteiger partial charge in [0.2, 0.25) is 0 Å². The van der Waals surface area contributed by atoms with Gasteiger partial charge in [0.05, 0.1) is 44.2 Å². The van der Waals surface area contributed by atoms with E-state index in [9.17, 15) is 71.2 Å². The van der Waals surface area contributed by atoms with Crippen molar-refractivity contribution in [1.82, 2.24) is 0 Å². The number of rotatable bonds is 16. The van der Waals surface area contributed by atoms with Crippen LogP contribution in [0.5, 0.6) is 0 Å². The number of aliphatic hydroxyl groups is 13. The van der Waals surface area contributed by atoms with Gasteiger partial charge in [0.15, 0.2) is 25.2 Å². The number of allylic oxidation sites excluding steroid dienone is 2. The average molecular weight is 1080 g/mol. The Hall–Kier alpha value is -1.43. The van der Waals surface area contributed by atoms with E-state index in [-0.39, 0.29) is 41.1 Å². The summed E-state index contributed by atoms with van der Waals surface area (Å²) in [6.07, 6.45) is -20.7. The number of aldehydes is 1. The second-order valence-corrected chi connectivity index (χ2v) is 24.8. The molecule has 22 heteroatoms. The van der Waals surface area contributed by atoms with Gasteiger partial charge >= 0.3 is 0 Å². The van der Waals surface area contributed by atoms with Crippen LogP contribution >= 0.6 is 0 Å². The van der Waals surface area contributed by atoms with Crippen LogP contribution in [0.2, 0.25) is 0 Å². The number of hydrogen-bond donors (Lipinski definition) is 13. The molecule has 0 amide bonds. The van der Waals surface area contributed by atoms with Crippen molar-refractivity contribution in [3.8, 4) is 0 Å². The molecule has 0 aromatic heterocycles. The van der Waals surface area contributed by atoms with E-state index in [0.717, 1.165) is 24.8 Å². The van der Waals surface area contributed by atoms with E-state index < -0.39 is 159 Å². The number of hydrogen-bond acceptors (Lipinski definition) is 22. The minimum absolute atomic E-state index is 0.0229. The Labute approximate surface area is 438 Å². The maximum absolute atomic E-state index is 14.2. The molecule has 4 aliphatic heterocycles. The molecule has 4 aliphatic carbocycles. The standard InChI is InChI=1S/C53H88O22/c1-24(2)9-8-15-53(67,23-69-45-40(64)38(62)35(59)29(19-54)71-45)27-12-16-50(6)26(27)10-11-32-51(50,7)17-13-31-49(4,5)33(14-18-52(31,32)22-56)73-48-44(75-46-41(65)37(61)34(58)25(3)70-46)43(28(57)21-68-48)74-47-42(66)39(63)36(60)30(20-55)72-47/h9,22,25-48,54-55,57-67H,8,10-21,23H2,1-7H3/t25-,26?,27?,28+,29-,30-,31?,32?,33?,34+,35-,36-,37-,38+,39+,40-,41-,42-,43-,44-,45-,46+,47+,48+,50?,51?,52?,53?/m1/s1. The maximum Gasteiger partial charge on any atom is 0.187 e. The summed E-state index contributed by atoms with van der Waals surface area (Å²) in [5.41, 5.74) is -2.48. The first-order valence-electron chi connectivity index (χ1n) is 27.3. The van der Waals surface area contributed by atoms with Crippen LogP contribution in [-0.4, -0.2) is 228 Å². The third-order valence-electron chi connectivity index (χ3n) is 20.3. The normalized spacial score (nSPS) is 51.7. The van der Waals surface area contributed by atoms with Gasteiger partial charge < -0.3 is 109 Å². The molecule has 75 heavy (non-hydrogen) atoms. The van der Waals surface area contributed by atoms with E-state index >= 15 is 0 Å². The fraction of sp³-hybridized carbons (Fsp3) is 0.943. The molecule has 0 radical (unpaired) electrons. The monoisotopic (exact) mass is 1080 g/mol. The van der Waals surface area contributed by atoms with Gasteiger partial charge in [-0.2, -0.15) is 0 Å². The molecule has 4 saturated heterocycles. The first-order chi connectivity index (χ1) is 35.2. The van der Waals surface area contributed by atoms with Gasteiger partial charge in [-0.15, -0.1) is 0 Å². The molecule has 4 saturated carbocycles. The second-order valence-electron chi connectivity index (χ2n) is 24.8. The maximum atomic E-state index is 14.2. The van der Waals surface area contributed by atoms with Gasteiger partial charge in [0, 0.05) is 5.41 Å². The summed E-state index contributed by atoms with van der Waals surface area (Å²) in [5.74, 6) is -0.460. The molecule has 432 valence electrons. The van der Waals surface area contributed by atoms with Crippen LogP contribution in [0.4, 0.5) is 0 Å². The summed E-state index contributed by atoms with van der Waals surface area (Å²) in [5, 5.41) is 140. The molecule has 0 aromatic rings. The molecule has 0 bridgehead atoms. The van der Waals surface area contributed by atoms with Crippen LogP contribution < -0.4 is 0 Å². The van der Waals surface area contributed by atoms with Crippen LogP contribution in [0.25, 0.3) is 0 Å². The fourth-order valence-corrected chi connectivity index (χ4v) is 15.7. The smallest absolute Gasteiger partial charge is 0.187 e. The molecule has 13 N–H and O–H groups in total. The molecular formula is C53H88O22. The van der Waals surface area contributed by atoms with Gasteiger partial charge in [-0.1, -0.05) is 39.3 Å². The van der Waals surface area contributed by atoms with E-state index in [2.05, 4.69) is 33.8 Å². The van der Waals surface area contributed by atoms with E-state index in [4.69, 9.17) is 37.9 Å². The Morgan fingerprint density at radius 1 is 0.627 bits per heavy atom. The Bertz CT molecular complexity index is 1960. The summed E-state index contributed by atoms with van der Waals surface area (Å²) in [7, 11) is 0. The predicted octanol–water partition coefficient (Wildman–Crippen LogP) is -1.36. The van der Waals surface area contributed by atoms with Gasteiger partial charge in [-0.05, 0) is 125 Å². The third-order valence-corrected chi connectivity index (χ3v) is 20.3. The van der Waals surface area contributed by atoms with Gasteiger partial charge in [0.1, 0.15) is 91.7 Å². The molecule has 0 aromatic carbocycles. The lowest BCUT2D eigenvalue weighted by Gasteiger charge is -2.69. The van der Waals surface area contributed by atoms with Crippen molar-refractivity contribution in [2.75, 3.05) is 26.4 Å². The van der Waals surface area contributed by atoms with Crippen molar-refractivity contribution in [2.45, 2.75) is 241 Å². The summed E-state index contributed by atoms with van der Waals surface area (Å²) in [6, 6.07) is 0. The quantitative estimate of drug-likeness (QED) is 0.0483. The van der Waals surface area contributed by atoms with Gasteiger partial charge in [-0.3, -0.25) is 0 Å². The van der Waals surface area contributed by atoms with E-state index in [1.807, 2.05) is 13.8 Å². The largest absolute Gasteiger partial charge is 0.394 e. The van der Waals surface area contributed by atoms with E-state index in [1.165, 1.54) is 13.2 Å². The number of aliphatic hydroxyl groups excluding tert-OH is 12. The summed E-state index contributed by atoms with van der Waals surface area (Å²) in [4.78, 5) is 14.2. The SMILES string of the molecule is CC(C)=CCCC(O)(CO[C@@H]1O[C@H](CO)[C@@H](O)[C@H](O)[C@H]1O)C1CCC2(C)C1CCC1C3(C=O)CCC(O[C@@H]4OC[C@H](O)[C@@H](O[C@@H]5O[C@H](CO)[C@@H](O)[C@H](O)[C@H]5O)[C@H]4O[C@@H]4O[C@H](C)[C@H](O)[C@@H](O)[C@H]4O)C(C)(C)C3CCC12C. The van der Waals surface area contributed by atoms with Crippen molar-refractivity contribution in [3.05, 3.63) is 11.6 Å². The number of carbonyl (C=O) groups is 1. The molecule has 0 spiro atoms. The lowest BCUT2D eigenvalue weighted by molar-refractivity contribution is -0.388. The van der Waals surface area contributed by atoms with Crippen LogP contribution in [0.3, 0.4) is 0 Å². The highest BCUT2D eigenvalue weighted by Gasteiger charge is 2.71. The minimum Gasteiger partial charge on any atom is -0.394 e. The first kappa shape index (κ1) is 59.7. The lowest BCUT2D eigenvalue weighted by Crippen LogP contribution is -2.67. The summed E-state index contributed by atoms with van der Waals surface area (Å²) < 4.78 is 48.9. The van der Waals surface area contributed by atoms with Gasteiger partial charge in [-0.25, -0.2) is 0 Å². The Morgan fingerprint density at radius 3 is 1.81 bits per heavy atom. The first-order valence-corrected chi connectivity index (χ1v) is 27.3. The molecule has 4 heterocycles. The van der Waals surface area contributed by atoms with E-state index in [0.29, 0.717) is 44.9 Å². The Morgan fingerprint density at radius 2 is 1.20 bits per heavy atom. The van der Waals surface area contributed by atoms with Crippen LogP contribution in [-0.2, 0) is 42.7 Å². The second kappa shape index (κ2) is 22.8. The molecular weight excluding hydrogens is 989 g/mol. The topological polar surface area (TPSA) is 354 Å². The summed E-state index contributed by atoms with van der Waals surface area (Å²) >= 11 is 0. The number of ether oxygens (including phenoxy) is 8. The van der Waals surface area contributed by atoms with Gasteiger partial charge in [0.25, 0.3) is 0 Å². The molecule has 22 nitrogen and oxygen atoms in total. The molecule has 8 aliphatic rings. The number of carbonyl (C=O) groups excluding carboxylic acids is 1. The zero-order valence-corrected chi connectivity index (χ0v) is 44.4. The van der Waals surface area contributed by atoms with Crippen molar-refractivity contribution in [1.29, 1.82) is 0 Å². The van der Waals surface area contributed by atoms with Crippen molar-refractivity contribution in [2.24, 2.45) is 45.3 Å². The van der Waals surface area contributed by atoms with Crippen LogP contribution in [0, 0.1) is 45.3 Å². The minimum atomic E-state index is -1.86. The zero-order valence-electron chi connectivity index (χ0n) is 44.4. The molecule has 28 atom stereocenters. The molecule has 8 fully saturated rings. The van der Waals surface area contributed by atoms with Crippen molar-refractivity contribution < 1.29 is 109 Å². The highest BCUT2D eigenvalue weighted by Crippen LogP contribution is 2.76. The van der Waals surface area contributed by atoms with Crippen LogP contribution in [0.15, 0.2) is 11.6 Å². The van der Waals surface area contributed by atoms with Crippen LogP contribution in [0.1, 0.15) is 113 Å². The van der Waals surface area contributed by atoms with Crippen molar-refractivity contribution in [3.63, 3.8) is 0 Å². The third kappa shape index (κ3) is 10.5. The average Bonchev–Trinajstić information content (AvgIpc) is 3.75. The highest BCUT2D eigenvalue weighted by atomic mass is 16.8. The highest BCUT2D eigenvalue weighted by molar-refractivity contribution is 5.62. The Balaban J connectivity index is 1.03. The number of fused-ring (bicyclic) bond motifs is 5. The molecule has 9 unspecified atom stereocenters. The predicted molar refractivity (Wildman–Crippen MR) is 259 cm³/mol.